The zero-order chi connectivity index (χ0) is 32.9. The Morgan fingerprint density at radius 3 is 2.44 bits per heavy atom. The number of nitrogens with zero attached hydrogens (tertiary/aromatic N) is 3. The van der Waals surface area contributed by atoms with Gasteiger partial charge in [0.05, 0.1) is 17.8 Å². The fourth-order valence-electron chi connectivity index (χ4n) is 5.68. The number of hydrogen-bond acceptors (Lipinski definition) is 8. The van der Waals surface area contributed by atoms with Crippen LogP contribution in [0.1, 0.15) is 82.0 Å². The quantitative estimate of drug-likeness (QED) is 0.361. The standard InChI is InChI=1S/C32H50FN7O5/c1-22(2)18-26-31(43)40-17-11-14-27(40)32(44)38(3)20-28(41)36-15-8-6-4-5-7-9-16-39(35)19-23(34)21-45-29-24(30(42)37-26)12-10-13-25(29)33/h10,12-13,19,22,26-27H,4-9,11,14-18,20-21,34-35H2,1-3H3,(H,36,41)(H,37,42)/b23-19-. The molecule has 1 saturated heterocycles. The second kappa shape index (κ2) is 17.6. The van der Waals surface area contributed by atoms with E-state index in [-0.39, 0.29) is 47.9 Å². The van der Waals surface area contributed by atoms with Crippen molar-refractivity contribution < 1.29 is 28.3 Å². The van der Waals surface area contributed by atoms with Gasteiger partial charge in [0, 0.05) is 32.9 Å². The zero-order valence-corrected chi connectivity index (χ0v) is 26.9. The zero-order valence-electron chi connectivity index (χ0n) is 26.9. The van der Waals surface area contributed by atoms with Crippen molar-refractivity contribution in [1.82, 2.24) is 25.4 Å². The van der Waals surface area contributed by atoms with Crippen LogP contribution >= 0.6 is 0 Å². The number of hydrazine groups is 1. The van der Waals surface area contributed by atoms with E-state index in [9.17, 15) is 23.6 Å². The Bertz CT molecular complexity index is 1210. The first-order valence-electron chi connectivity index (χ1n) is 16.0. The summed E-state index contributed by atoms with van der Waals surface area (Å²) in [5.41, 5.74) is 6.26. The topological polar surface area (TPSA) is 163 Å². The highest BCUT2D eigenvalue weighted by atomic mass is 19.1. The molecule has 12 nitrogen and oxygen atoms in total. The van der Waals surface area contributed by atoms with E-state index in [4.69, 9.17) is 16.3 Å². The van der Waals surface area contributed by atoms with Crippen LogP contribution in [0.15, 0.2) is 30.1 Å². The maximum atomic E-state index is 14.9. The predicted octanol–water partition coefficient (Wildman–Crippen LogP) is 2.24. The number of rotatable bonds is 2. The largest absolute Gasteiger partial charge is 0.483 e. The van der Waals surface area contributed by atoms with Gasteiger partial charge in [-0.3, -0.25) is 19.2 Å². The highest BCUT2D eigenvalue weighted by Crippen LogP contribution is 2.25. The Labute approximate surface area is 265 Å². The number of fused-ring (bicyclic) bond motifs is 2. The molecule has 4 amide bonds. The summed E-state index contributed by atoms with van der Waals surface area (Å²) in [4.78, 5) is 56.1. The molecule has 1 aromatic rings. The van der Waals surface area contributed by atoms with E-state index in [1.165, 1.54) is 39.2 Å². The van der Waals surface area contributed by atoms with Crippen molar-refractivity contribution in [2.75, 3.05) is 39.8 Å². The maximum absolute atomic E-state index is 14.9. The van der Waals surface area contributed by atoms with Crippen molar-refractivity contribution >= 4 is 23.6 Å². The smallest absolute Gasteiger partial charge is 0.255 e. The normalized spacial score (nSPS) is 23.9. The summed E-state index contributed by atoms with van der Waals surface area (Å²) in [6.45, 7) is 4.96. The van der Waals surface area contributed by atoms with Crippen LogP contribution in [0.25, 0.3) is 0 Å². The summed E-state index contributed by atoms with van der Waals surface area (Å²) < 4.78 is 20.6. The molecule has 6 N–H and O–H groups in total. The Kier molecular flexibility index (Phi) is 13.9. The van der Waals surface area contributed by atoms with Gasteiger partial charge in [-0.25, -0.2) is 10.2 Å². The van der Waals surface area contributed by atoms with Crippen LogP contribution in [0.3, 0.4) is 0 Å². The van der Waals surface area contributed by atoms with E-state index < -0.39 is 29.7 Å². The molecular weight excluding hydrogens is 581 g/mol. The number of amides is 4. The van der Waals surface area contributed by atoms with Gasteiger partial charge in [0.2, 0.25) is 17.7 Å². The number of nitrogens with two attached hydrogens (primary N) is 2. The number of nitrogens with one attached hydrogen (secondary N) is 2. The first-order chi connectivity index (χ1) is 21.5. The number of benzene rings is 1. The van der Waals surface area contributed by atoms with Crippen LogP contribution in [0.4, 0.5) is 4.39 Å². The first-order valence-corrected chi connectivity index (χ1v) is 16.0. The summed E-state index contributed by atoms with van der Waals surface area (Å²) in [5, 5.41) is 7.11. The summed E-state index contributed by atoms with van der Waals surface area (Å²) in [7, 11) is 1.56. The van der Waals surface area contributed by atoms with Crippen LogP contribution in [-0.2, 0) is 14.4 Å². The molecule has 3 rings (SSSR count). The lowest BCUT2D eigenvalue weighted by molar-refractivity contribution is -0.145. The monoisotopic (exact) mass is 631 g/mol. The second-order valence-electron chi connectivity index (χ2n) is 12.4. The lowest BCUT2D eigenvalue weighted by atomic mass is 10.0. The molecule has 1 fully saturated rings. The molecule has 2 atom stereocenters. The third-order valence-corrected chi connectivity index (χ3v) is 7.98. The molecule has 45 heavy (non-hydrogen) atoms. The van der Waals surface area contributed by atoms with Gasteiger partial charge in [-0.1, -0.05) is 45.6 Å². The molecule has 2 heterocycles. The molecule has 2 unspecified atom stereocenters. The Morgan fingerprint density at radius 2 is 1.71 bits per heavy atom. The third-order valence-electron chi connectivity index (χ3n) is 7.98. The molecule has 0 aromatic heterocycles. The van der Waals surface area contributed by atoms with E-state index in [1.54, 1.807) is 7.05 Å². The SMILES string of the molecule is CC(C)CC1NC(=O)c2cccc(F)c2OC/C(N)=C/N(N)CCCCCCCCNC(=O)CN(C)C(=O)C2CCCN2C1=O. The van der Waals surface area contributed by atoms with Crippen molar-refractivity contribution in [3.63, 3.8) is 0 Å². The molecule has 13 heteroatoms. The van der Waals surface area contributed by atoms with Gasteiger partial charge in [-0.05, 0) is 50.2 Å². The van der Waals surface area contributed by atoms with Gasteiger partial charge in [0.25, 0.3) is 5.91 Å². The van der Waals surface area contributed by atoms with Crippen molar-refractivity contribution in [2.45, 2.75) is 83.7 Å². The number of carbonyl (C=O) groups excluding carboxylic acids is 4. The van der Waals surface area contributed by atoms with E-state index in [1.807, 2.05) is 13.8 Å². The Morgan fingerprint density at radius 1 is 1.00 bits per heavy atom. The lowest BCUT2D eigenvalue weighted by Crippen LogP contribution is -2.54. The van der Waals surface area contributed by atoms with Gasteiger partial charge >= 0.3 is 0 Å². The van der Waals surface area contributed by atoms with E-state index in [0.29, 0.717) is 38.9 Å². The number of para-hydroxylation sites is 1. The van der Waals surface area contributed by atoms with Gasteiger partial charge in [0.1, 0.15) is 18.7 Å². The number of carbonyl (C=O) groups is 4. The summed E-state index contributed by atoms with van der Waals surface area (Å²) in [6.07, 6.45) is 8.57. The molecule has 0 spiro atoms. The molecule has 0 aliphatic carbocycles. The van der Waals surface area contributed by atoms with Crippen molar-refractivity contribution in [1.29, 1.82) is 0 Å². The van der Waals surface area contributed by atoms with E-state index >= 15 is 0 Å². The van der Waals surface area contributed by atoms with Crippen molar-refractivity contribution in [2.24, 2.45) is 17.5 Å². The molecule has 2 aliphatic rings. The molecule has 2 aliphatic heterocycles. The van der Waals surface area contributed by atoms with Crippen LogP contribution in [0, 0.1) is 11.7 Å². The lowest BCUT2D eigenvalue weighted by Gasteiger charge is -2.31. The highest BCUT2D eigenvalue weighted by molar-refractivity contribution is 6.00. The summed E-state index contributed by atoms with van der Waals surface area (Å²) in [5.74, 6) is 3.37. The number of halogens is 1. The molecule has 0 radical (unpaired) electrons. The Balaban J connectivity index is 1.85. The molecule has 0 bridgehead atoms. The average molecular weight is 632 g/mol. The molecule has 1 aromatic carbocycles. The van der Waals surface area contributed by atoms with Gasteiger partial charge in [0.15, 0.2) is 11.6 Å². The summed E-state index contributed by atoms with van der Waals surface area (Å²) in [6, 6.07) is 2.26. The molecular formula is C32H50FN7O5. The number of hydrogen-bond donors (Lipinski definition) is 4. The van der Waals surface area contributed by atoms with Crippen LogP contribution in [0.2, 0.25) is 0 Å². The number of ether oxygens (including phenoxy) is 1. The molecule has 250 valence electrons. The minimum absolute atomic E-state index is 0.0232. The second-order valence-corrected chi connectivity index (χ2v) is 12.4. The third kappa shape index (κ3) is 10.9. The van der Waals surface area contributed by atoms with Crippen molar-refractivity contribution in [3.05, 3.63) is 41.5 Å². The van der Waals surface area contributed by atoms with Crippen molar-refractivity contribution in [3.8, 4) is 5.75 Å². The van der Waals surface area contributed by atoms with Gasteiger partial charge < -0.3 is 35.9 Å². The van der Waals surface area contributed by atoms with Crippen LogP contribution < -0.4 is 26.9 Å². The van der Waals surface area contributed by atoms with E-state index in [0.717, 1.165) is 38.5 Å². The fraction of sp³-hybridized carbons (Fsp3) is 0.625. The fourth-order valence-corrected chi connectivity index (χ4v) is 5.68. The highest BCUT2D eigenvalue weighted by Gasteiger charge is 2.39. The molecule has 0 saturated carbocycles. The van der Waals surface area contributed by atoms with Crippen LogP contribution in [-0.4, -0.2) is 90.4 Å². The Hall–Kier alpha value is -3.87. The van der Waals surface area contributed by atoms with Crippen LogP contribution in [0.5, 0.6) is 5.75 Å². The number of likely N-dealkylation sites (N-methyl/N-ethyl adjacent to an activating group) is 1. The minimum Gasteiger partial charge on any atom is -0.483 e. The average Bonchev–Trinajstić information content (AvgIpc) is 3.47. The predicted molar refractivity (Wildman–Crippen MR) is 169 cm³/mol. The first kappa shape index (κ1) is 35.6. The maximum Gasteiger partial charge on any atom is 0.255 e. The van der Waals surface area contributed by atoms with Gasteiger partial charge in [-0.2, -0.15) is 0 Å². The van der Waals surface area contributed by atoms with E-state index in [2.05, 4.69) is 10.6 Å². The summed E-state index contributed by atoms with van der Waals surface area (Å²) >= 11 is 0. The minimum atomic E-state index is -0.968. The van der Waals surface area contributed by atoms with Gasteiger partial charge in [-0.15, -0.1) is 0 Å².